The summed E-state index contributed by atoms with van der Waals surface area (Å²) in [7, 11) is 0. The molecule has 1 aromatic heterocycles. The molecule has 0 spiro atoms. The lowest BCUT2D eigenvalue weighted by Crippen LogP contribution is -2.39. The maximum Gasteiger partial charge on any atom is 0.133 e. The SMILES string of the molecule is Cc1nnc(CC2CC3CCC(C2)N3)n1C1CCCCC1. The maximum atomic E-state index is 4.55. The fourth-order valence-corrected chi connectivity index (χ4v) is 4.97. The van der Waals surface area contributed by atoms with Crippen LogP contribution in [0, 0.1) is 12.8 Å². The zero-order valence-corrected chi connectivity index (χ0v) is 13.2. The van der Waals surface area contributed by atoms with Crippen molar-refractivity contribution in [1.82, 2.24) is 20.1 Å². The Hall–Kier alpha value is -0.900. The summed E-state index contributed by atoms with van der Waals surface area (Å²) in [5.74, 6) is 3.22. The van der Waals surface area contributed by atoms with Crippen LogP contribution in [-0.2, 0) is 6.42 Å². The molecule has 0 aromatic carbocycles. The highest BCUT2D eigenvalue weighted by molar-refractivity contribution is 5.02. The highest BCUT2D eigenvalue weighted by Crippen LogP contribution is 2.34. The molecular formula is C17H28N4. The number of rotatable bonds is 3. The first-order valence-corrected chi connectivity index (χ1v) is 8.96. The number of nitrogens with one attached hydrogen (secondary N) is 1. The third kappa shape index (κ3) is 2.75. The van der Waals surface area contributed by atoms with Crippen LogP contribution in [0.3, 0.4) is 0 Å². The summed E-state index contributed by atoms with van der Waals surface area (Å²) < 4.78 is 2.49. The van der Waals surface area contributed by atoms with Crippen molar-refractivity contribution < 1.29 is 0 Å². The molecular weight excluding hydrogens is 260 g/mol. The van der Waals surface area contributed by atoms with Gasteiger partial charge in [-0.25, -0.2) is 0 Å². The lowest BCUT2D eigenvalue weighted by molar-refractivity contribution is 0.283. The standard InChI is InChI=1S/C17H28N4/c1-12-19-20-17(21(12)16-5-3-2-4-6-16)11-13-9-14-7-8-15(10-13)18-14/h13-16,18H,2-11H2,1H3. The zero-order valence-electron chi connectivity index (χ0n) is 13.2. The molecule has 1 saturated carbocycles. The van der Waals surface area contributed by atoms with Crippen molar-refractivity contribution in [3.8, 4) is 0 Å². The Labute approximate surface area is 127 Å². The largest absolute Gasteiger partial charge is 0.312 e. The molecule has 1 aromatic rings. The normalized spacial score (nSPS) is 33.5. The van der Waals surface area contributed by atoms with Crippen LogP contribution in [0.25, 0.3) is 0 Å². The first-order chi connectivity index (χ1) is 10.3. The van der Waals surface area contributed by atoms with Gasteiger partial charge in [0.2, 0.25) is 0 Å². The summed E-state index contributed by atoms with van der Waals surface area (Å²) in [6, 6.07) is 2.23. The number of aryl methyl sites for hydroxylation is 1. The van der Waals surface area contributed by atoms with Gasteiger partial charge < -0.3 is 9.88 Å². The fraction of sp³-hybridized carbons (Fsp3) is 0.882. The Morgan fingerprint density at radius 1 is 1.00 bits per heavy atom. The van der Waals surface area contributed by atoms with Gasteiger partial charge in [0.05, 0.1) is 0 Å². The van der Waals surface area contributed by atoms with E-state index in [-0.39, 0.29) is 0 Å². The van der Waals surface area contributed by atoms with Crippen LogP contribution in [0.5, 0.6) is 0 Å². The number of aromatic nitrogens is 3. The van der Waals surface area contributed by atoms with Gasteiger partial charge in [-0.3, -0.25) is 0 Å². The van der Waals surface area contributed by atoms with Gasteiger partial charge in [-0.2, -0.15) is 0 Å². The minimum Gasteiger partial charge on any atom is -0.312 e. The summed E-state index contributed by atoms with van der Waals surface area (Å²) in [5.41, 5.74) is 0. The van der Waals surface area contributed by atoms with E-state index in [1.54, 1.807) is 0 Å². The van der Waals surface area contributed by atoms with E-state index >= 15 is 0 Å². The average molecular weight is 288 g/mol. The highest BCUT2D eigenvalue weighted by Gasteiger charge is 2.34. The second kappa shape index (κ2) is 5.71. The van der Waals surface area contributed by atoms with E-state index in [4.69, 9.17) is 0 Å². The van der Waals surface area contributed by atoms with Crippen molar-refractivity contribution in [2.75, 3.05) is 0 Å². The molecule has 2 saturated heterocycles. The van der Waals surface area contributed by atoms with Gasteiger partial charge in [0, 0.05) is 24.5 Å². The molecule has 1 aliphatic carbocycles. The van der Waals surface area contributed by atoms with Gasteiger partial charge in [-0.05, 0) is 51.4 Å². The lowest BCUT2D eigenvalue weighted by atomic mass is 9.89. The molecule has 3 heterocycles. The average Bonchev–Trinajstić information content (AvgIpc) is 3.03. The molecule has 1 N–H and O–H groups in total. The first kappa shape index (κ1) is 13.7. The molecule has 0 amide bonds. The van der Waals surface area contributed by atoms with E-state index < -0.39 is 0 Å². The Balaban J connectivity index is 1.50. The van der Waals surface area contributed by atoms with Gasteiger partial charge in [-0.1, -0.05) is 19.3 Å². The lowest BCUT2D eigenvalue weighted by Gasteiger charge is -2.30. The number of nitrogens with zero attached hydrogens (tertiary/aromatic N) is 3. The Morgan fingerprint density at radius 3 is 2.43 bits per heavy atom. The maximum absolute atomic E-state index is 4.55. The minimum atomic E-state index is 0.669. The zero-order chi connectivity index (χ0) is 14.2. The van der Waals surface area contributed by atoms with Crippen molar-refractivity contribution in [2.24, 2.45) is 5.92 Å². The quantitative estimate of drug-likeness (QED) is 0.929. The molecule has 3 fully saturated rings. The summed E-state index contributed by atoms with van der Waals surface area (Å²) in [4.78, 5) is 0. The first-order valence-electron chi connectivity index (χ1n) is 8.96. The van der Waals surface area contributed by atoms with E-state index in [0.717, 1.165) is 30.2 Å². The number of piperidine rings is 1. The van der Waals surface area contributed by atoms with Crippen molar-refractivity contribution in [2.45, 2.75) is 89.3 Å². The van der Waals surface area contributed by atoms with E-state index in [1.165, 1.54) is 63.6 Å². The second-order valence-electron chi connectivity index (χ2n) is 7.50. The predicted molar refractivity (Wildman–Crippen MR) is 83.3 cm³/mol. The van der Waals surface area contributed by atoms with E-state index in [1.807, 2.05) is 0 Å². The molecule has 116 valence electrons. The van der Waals surface area contributed by atoms with Crippen LogP contribution in [-0.4, -0.2) is 26.8 Å². The predicted octanol–water partition coefficient (Wildman–Crippen LogP) is 3.16. The Kier molecular flexibility index (Phi) is 3.74. The summed E-state index contributed by atoms with van der Waals surface area (Å²) >= 11 is 0. The summed E-state index contributed by atoms with van der Waals surface area (Å²) in [5, 5.41) is 12.7. The number of fused-ring (bicyclic) bond motifs is 2. The number of hydrogen-bond acceptors (Lipinski definition) is 3. The molecule has 2 atom stereocenters. The fourth-order valence-electron chi connectivity index (χ4n) is 4.97. The van der Waals surface area contributed by atoms with Crippen molar-refractivity contribution in [3.05, 3.63) is 11.6 Å². The monoisotopic (exact) mass is 288 g/mol. The molecule has 2 aliphatic heterocycles. The van der Waals surface area contributed by atoms with Crippen molar-refractivity contribution >= 4 is 0 Å². The van der Waals surface area contributed by atoms with Gasteiger partial charge in [0.1, 0.15) is 11.6 Å². The minimum absolute atomic E-state index is 0.669. The van der Waals surface area contributed by atoms with E-state index in [9.17, 15) is 0 Å². The summed E-state index contributed by atoms with van der Waals surface area (Å²) in [6.45, 7) is 2.14. The molecule has 4 heteroatoms. The molecule has 3 aliphatic rings. The molecule has 4 nitrogen and oxygen atoms in total. The third-order valence-corrected chi connectivity index (χ3v) is 5.92. The summed E-state index contributed by atoms with van der Waals surface area (Å²) in [6.07, 6.45) is 13.4. The van der Waals surface area contributed by atoms with Crippen molar-refractivity contribution in [3.63, 3.8) is 0 Å². The van der Waals surface area contributed by atoms with Crippen LogP contribution < -0.4 is 5.32 Å². The smallest absolute Gasteiger partial charge is 0.133 e. The van der Waals surface area contributed by atoms with Gasteiger partial charge in [-0.15, -0.1) is 10.2 Å². The molecule has 2 bridgehead atoms. The molecule has 4 rings (SSSR count). The van der Waals surface area contributed by atoms with Crippen LogP contribution in [0.1, 0.15) is 75.5 Å². The second-order valence-corrected chi connectivity index (χ2v) is 7.50. The van der Waals surface area contributed by atoms with Gasteiger partial charge >= 0.3 is 0 Å². The van der Waals surface area contributed by atoms with Crippen LogP contribution >= 0.6 is 0 Å². The molecule has 21 heavy (non-hydrogen) atoms. The van der Waals surface area contributed by atoms with E-state index in [0.29, 0.717) is 6.04 Å². The third-order valence-electron chi connectivity index (χ3n) is 5.92. The number of hydrogen-bond donors (Lipinski definition) is 1. The van der Waals surface area contributed by atoms with Crippen LogP contribution in [0.2, 0.25) is 0 Å². The topological polar surface area (TPSA) is 42.7 Å². The Morgan fingerprint density at radius 2 is 1.71 bits per heavy atom. The van der Waals surface area contributed by atoms with Crippen LogP contribution in [0.15, 0.2) is 0 Å². The molecule has 0 radical (unpaired) electrons. The van der Waals surface area contributed by atoms with Gasteiger partial charge in [0.15, 0.2) is 0 Å². The highest BCUT2D eigenvalue weighted by atomic mass is 15.3. The van der Waals surface area contributed by atoms with Crippen LogP contribution in [0.4, 0.5) is 0 Å². The van der Waals surface area contributed by atoms with Crippen molar-refractivity contribution in [1.29, 1.82) is 0 Å². The Bertz CT molecular complexity index is 477. The van der Waals surface area contributed by atoms with Gasteiger partial charge in [0.25, 0.3) is 0 Å². The van der Waals surface area contributed by atoms with E-state index in [2.05, 4.69) is 27.0 Å². The molecule has 2 unspecified atom stereocenters.